The predicted molar refractivity (Wildman–Crippen MR) is 170 cm³/mol. The van der Waals surface area contributed by atoms with E-state index in [-0.39, 0.29) is 0 Å². The van der Waals surface area contributed by atoms with E-state index in [2.05, 4.69) is 29.2 Å². The van der Waals surface area contributed by atoms with Gasteiger partial charge in [-0.05, 0) is 71.8 Å². The number of fused-ring (bicyclic) bond motifs is 3. The van der Waals surface area contributed by atoms with Crippen LogP contribution in [0.2, 0.25) is 0 Å². The minimum absolute atomic E-state index is 0.545. The van der Waals surface area contributed by atoms with Crippen LogP contribution in [0.4, 0.5) is 30.2 Å². The van der Waals surface area contributed by atoms with E-state index in [1.165, 1.54) is 12.1 Å². The first-order valence-electron chi connectivity index (χ1n) is 13.8. The fraction of sp³-hybridized carbons (Fsp3) is 0.0833. The minimum Gasteiger partial charge on any atom is -0.497 e. The first-order valence-corrected chi connectivity index (χ1v) is 14.7. The van der Waals surface area contributed by atoms with Gasteiger partial charge in [-0.15, -0.1) is 0 Å². The Labute approximate surface area is 256 Å². The van der Waals surface area contributed by atoms with Crippen LogP contribution in [0.15, 0.2) is 125 Å². The molecular formula is C36H25F3N2O2S. The molecule has 0 amide bonds. The van der Waals surface area contributed by atoms with Crippen molar-refractivity contribution in [1.82, 2.24) is 4.98 Å². The molecule has 8 heteroatoms. The molecule has 5 aromatic carbocycles. The molecule has 44 heavy (non-hydrogen) atoms. The van der Waals surface area contributed by atoms with Crippen LogP contribution in [0.25, 0.3) is 33.3 Å². The summed E-state index contributed by atoms with van der Waals surface area (Å²) < 4.78 is 51.4. The number of alkyl halides is 3. The highest BCUT2D eigenvalue weighted by atomic mass is 32.2. The molecule has 1 aliphatic heterocycles. The number of para-hydroxylation sites is 3. The van der Waals surface area contributed by atoms with Gasteiger partial charge in [0.2, 0.25) is 0 Å². The van der Waals surface area contributed by atoms with Crippen LogP contribution >= 0.6 is 11.8 Å². The molecule has 1 aromatic heterocycles. The number of anilines is 3. The number of halogens is 3. The van der Waals surface area contributed by atoms with Crippen LogP contribution < -0.4 is 14.4 Å². The van der Waals surface area contributed by atoms with E-state index >= 15 is 0 Å². The number of aromatic nitrogens is 1. The van der Waals surface area contributed by atoms with Gasteiger partial charge in [-0.2, -0.15) is 13.2 Å². The second-order valence-electron chi connectivity index (χ2n) is 10.3. The molecule has 0 saturated heterocycles. The lowest BCUT2D eigenvalue weighted by Crippen LogP contribution is -2.15. The molecule has 2 heterocycles. The zero-order valence-electron chi connectivity index (χ0n) is 23.7. The molecule has 0 fully saturated rings. The third-order valence-electron chi connectivity index (χ3n) is 7.66. The number of methoxy groups -OCH3 is 2. The Balaban J connectivity index is 1.53. The molecular weight excluding hydrogens is 581 g/mol. The number of benzene rings is 5. The van der Waals surface area contributed by atoms with Crippen molar-refractivity contribution >= 4 is 39.7 Å². The van der Waals surface area contributed by atoms with E-state index in [0.717, 1.165) is 55.5 Å². The average molecular weight is 607 g/mol. The van der Waals surface area contributed by atoms with Gasteiger partial charge in [0.15, 0.2) is 0 Å². The molecule has 0 radical (unpaired) electrons. The van der Waals surface area contributed by atoms with Crippen molar-refractivity contribution in [3.05, 3.63) is 121 Å². The summed E-state index contributed by atoms with van der Waals surface area (Å²) in [6.07, 6.45) is -4.43. The molecule has 1 aliphatic rings. The van der Waals surface area contributed by atoms with Crippen LogP contribution in [-0.4, -0.2) is 19.2 Å². The first kappa shape index (κ1) is 27.9. The Morgan fingerprint density at radius 3 is 1.82 bits per heavy atom. The standard InChI is InChI=1S/C36H25F3N2O2S/c1-42-25-18-23(19-26(20-25)43-2)28-21-29(22-14-16-24(17-15-22)36(37,38)39)40-35-27(28)8-7-11-32(35)41-30-9-3-5-12-33(30)44-34-13-6-4-10-31(34)41/h3-21H,1-2H3. The SMILES string of the molecule is COc1cc(OC)cc(-c2cc(-c3ccc(C(F)(F)F)cc3)nc3c(N4c5ccccc5Sc5ccccc54)cccc23)c1. The number of pyridine rings is 1. The Bertz CT molecular complexity index is 1960. The van der Waals surface area contributed by atoms with Gasteiger partial charge < -0.3 is 14.4 Å². The lowest BCUT2D eigenvalue weighted by atomic mass is 9.96. The van der Waals surface area contributed by atoms with Crippen molar-refractivity contribution in [2.45, 2.75) is 16.0 Å². The summed E-state index contributed by atoms with van der Waals surface area (Å²) in [7, 11) is 3.19. The third-order valence-corrected chi connectivity index (χ3v) is 8.79. The smallest absolute Gasteiger partial charge is 0.416 e. The van der Waals surface area contributed by atoms with Gasteiger partial charge in [0.25, 0.3) is 0 Å². The van der Waals surface area contributed by atoms with E-state index in [4.69, 9.17) is 14.5 Å². The highest BCUT2D eigenvalue weighted by Gasteiger charge is 2.30. The largest absolute Gasteiger partial charge is 0.497 e. The van der Waals surface area contributed by atoms with Crippen LogP contribution in [0.1, 0.15) is 5.56 Å². The highest BCUT2D eigenvalue weighted by molar-refractivity contribution is 7.99. The fourth-order valence-corrected chi connectivity index (χ4v) is 6.62. The Hall–Kier alpha value is -4.95. The maximum absolute atomic E-state index is 13.4. The number of ether oxygens (including phenoxy) is 2. The monoisotopic (exact) mass is 606 g/mol. The average Bonchev–Trinajstić information content (AvgIpc) is 3.05. The number of hydrogen-bond acceptors (Lipinski definition) is 5. The van der Waals surface area contributed by atoms with Crippen LogP contribution in [0.5, 0.6) is 11.5 Å². The summed E-state index contributed by atoms with van der Waals surface area (Å²) in [6.45, 7) is 0. The summed E-state index contributed by atoms with van der Waals surface area (Å²) in [4.78, 5) is 9.57. The van der Waals surface area contributed by atoms with Gasteiger partial charge >= 0.3 is 6.18 Å². The molecule has 0 unspecified atom stereocenters. The van der Waals surface area contributed by atoms with E-state index < -0.39 is 11.7 Å². The Morgan fingerprint density at radius 1 is 0.636 bits per heavy atom. The van der Waals surface area contributed by atoms with Gasteiger partial charge in [-0.1, -0.05) is 60.3 Å². The normalized spacial score (nSPS) is 12.5. The third kappa shape index (κ3) is 4.91. The molecule has 218 valence electrons. The highest BCUT2D eigenvalue weighted by Crippen LogP contribution is 2.52. The molecule has 7 rings (SSSR count). The van der Waals surface area contributed by atoms with E-state index in [0.29, 0.717) is 28.3 Å². The second kappa shape index (κ2) is 11.0. The second-order valence-corrected chi connectivity index (χ2v) is 11.4. The van der Waals surface area contributed by atoms with Gasteiger partial charge in [0.05, 0.1) is 48.1 Å². The van der Waals surface area contributed by atoms with E-state index in [1.807, 2.05) is 60.7 Å². The number of hydrogen-bond donors (Lipinski definition) is 0. The molecule has 0 spiro atoms. The minimum atomic E-state index is -4.43. The lowest BCUT2D eigenvalue weighted by molar-refractivity contribution is -0.137. The van der Waals surface area contributed by atoms with Crippen molar-refractivity contribution in [1.29, 1.82) is 0 Å². The lowest BCUT2D eigenvalue weighted by Gasteiger charge is -2.33. The van der Waals surface area contributed by atoms with Gasteiger partial charge in [0.1, 0.15) is 11.5 Å². The van der Waals surface area contributed by atoms with Crippen LogP contribution in [0, 0.1) is 0 Å². The molecule has 0 aliphatic carbocycles. The van der Waals surface area contributed by atoms with Crippen molar-refractivity contribution in [3.63, 3.8) is 0 Å². The van der Waals surface area contributed by atoms with Crippen molar-refractivity contribution in [2.75, 3.05) is 19.1 Å². The van der Waals surface area contributed by atoms with Crippen molar-refractivity contribution in [2.24, 2.45) is 0 Å². The van der Waals surface area contributed by atoms with Crippen molar-refractivity contribution < 1.29 is 22.6 Å². The maximum Gasteiger partial charge on any atom is 0.416 e. The summed E-state index contributed by atoms with van der Waals surface area (Å²) >= 11 is 1.72. The molecule has 0 saturated carbocycles. The summed E-state index contributed by atoms with van der Waals surface area (Å²) in [5, 5.41) is 0.877. The van der Waals surface area contributed by atoms with E-state index in [9.17, 15) is 13.2 Å². The molecule has 0 atom stereocenters. The molecule has 6 aromatic rings. The molecule has 0 N–H and O–H groups in total. The first-order chi connectivity index (χ1) is 21.3. The van der Waals surface area contributed by atoms with Gasteiger partial charge in [-0.25, -0.2) is 4.98 Å². The Kier molecular flexibility index (Phi) is 6.94. The topological polar surface area (TPSA) is 34.6 Å². The molecule has 4 nitrogen and oxygen atoms in total. The zero-order chi connectivity index (χ0) is 30.4. The predicted octanol–water partition coefficient (Wildman–Crippen LogP) is 10.5. The summed E-state index contributed by atoms with van der Waals surface area (Å²) in [5.41, 5.74) is 5.69. The van der Waals surface area contributed by atoms with Gasteiger partial charge in [-0.3, -0.25) is 0 Å². The zero-order valence-corrected chi connectivity index (χ0v) is 24.5. The molecule has 0 bridgehead atoms. The quantitative estimate of drug-likeness (QED) is 0.195. The van der Waals surface area contributed by atoms with Gasteiger partial charge in [0, 0.05) is 26.8 Å². The van der Waals surface area contributed by atoms with Crippen molar-refractivity contribution in [3.8, 4) is 33.9 Å². The maximum atomic E-state index is 13.4. The van der Waals surface area contributed by atoms with E-state index in [1.54, 1.807) is 32.0 Å². The van der Waals surface area contributed by atoms with Crippen LogP contribution in [-0.2, 0) is 6.18 Å². The summed E-state index contributed by atoms with van der Waals surface area (Å²) in [5.74, 6) is 1.24. The number of nitrogens with zero attached hydrogens (tertiary/aromatic N) is 2. The summed E-state index contributed by atoms with van der Waals surface area (Å²) in [6, 6.07) is 35.2. The Morgan fingerprint density at radius 2 is 1.23 bits per heavy atom. The van der Waals surface area contributed by atoms with Crippen LogP contribution in [0.3, 0.4) is 0 Å². The fourth-order valence-electron chi connectivity index (χ4n) is 5.56. The number of rotatable bonds is 5.